The summed E-state index contributed by atoms with van der Waals surface area (Å²) in [6.07, 6.45) is -2.20. The number of aliphatic carboxylic acids is 1. The van der Waals surface area contributed by atoms with E-state index in [9.17, 15) is 28.2 Å². The Morgan fingerprint density at radius 2 is 1.85 bits per heavy atom. The first kappa shape index (κ1) is 31.2. The molecule has 13 heteroatoms. The molecule has 0 radical (unpaired) electrons. The van der Waals surface area contributed by atoms with Crippen LogP contribution in [0.5, 0.6) is 0 Å². The van der Waals surface area contributed by atoms with Crippen LogP contribution < -0.4 is 5.32 Å². The smallest absolute Gasteiger partial charge is 1.00 e. The van der Waals surface area contributed by atoms with Gasteiger partial charge in [0.2, 0.25) is 5.95 Å². The van der Waals surface area contributed by atoms with E-state index in [-0.39, 0.29) is 70.0 Å². The number of benzene rings is 2. The van der Waals surface area contributed by atoms with Crippen LogP contribution in [0.1, 0.15) is 26.8 Å². The van der Waals surface area contributed by atoms with Gasteiger partial charge in [-0.1, -0.05) is 42.5 Å². The first-order valence-corrected chi connectivity index (χ1v) is 11.8. The number of anilines is 2. The van der Waals surface area contributed by atoms with Gasteiger partial charge in [-0.15, -0.1) is 0 Å². The van der Waals surface area contributed by atoms with Crippen molar-refractivity contribution in [2.75, 3.05) is 5.32 Å². The number of nitrogens with zero attached hydrogens (tertiary/aromatic N) is 4. The van der Waals surface area contributed by atoms with E-state index in [1.54, 1.807) is 6.07 Å². The Balaban J connectivity index is 0.00000294. The largest absolute Gasteiger partial charge is 2.00 e. The van der Waals surface area contributed by atoms with Gasteiger partial charge in [-0.3, -0.25) is 4.79 Å². The number of aromatic nitrogens is 4. The van der Waals surface area contributed by atoms with Crippen molar-refractivity contribution >= 4 is 61.4 Å². The minimum Gasteiger partial charge on any atom is -1.00 e. The summed E-state index contributed by atoms with van der Waals surface area (Å²) in [5.41, 5.74) is 0.695. The molecule has 0 aliphatic rings. The summed E-state index contributed by atoms with van der Waals surface area (Å²) in [6.45, 7) is 0. The molecular formula is C27H26CaF3N5O4. The SMILES string of the molecule is O=C(O)C[C@H](O)C[C@H](O)/C=C/c1cnn(-c2ccnc(Nc3ccccc3)n2)c1-c1cccc(C(F)(F)F)c1.[Ca+2].[H-].[H-]. The number of carbonyl (C=O) groups is 1. The second-order valence-electron chi connectivity index (χ2n) is 8.58. The van der Waals surface area contributed by atoms with Crippen molar-refractivity contribution in [1.82, 2.24) is 19.7 Å². The van der Waals surface area contributed by atoms with Crippen molar-refractivity contribution < 1.29 is 36.1 Å². The number of rotatable bonds is 10. The number of hydrogen-bond acceptors (Lipinski definition) is 7. The van der Waals surface area contributed by atoms with E-state index in [0.29, 0.717) is 5.56 Å². The molecule has 2 atom stereocenters. The molecule has 0 fully saturated rings. The fourth-order valence-corrected chi connectivity index (χ4v) is 3.82. The van der Waals surface area contributed by atoms with Crippen LogP contribution in [0.3, 0.4) is 0 Å². The zero-order valence-corrected chi connectivity index (χ0v) is 23.2. The van der Waals surface area contributed by atoms with E-state index in [1.807, 2.05) is 30.3 Å². The van der Waals surface area contributed by atoms with Crippen LogP contribution in [0.25, 0.3) is 23.2 Å². The second kappa shape index (κ2) is 13.9. The number of carboxylic acids is 1. The molecule has 2 heterocycles. The van der Waals surface area contributed by atoms with E-state index >= 15 is 0 Å². The summed E-state index contributed by atoms with van der Waals surface area (Å²) in [4.78, 5) is 19.4. The van der Waals surface area contributed by atoms with Gasteiger partial charge in [-0.2, -0.15) is 23.3 Å². The monoisotopic (exact) mass is 581 g/mol. The molecule has 2 aromatic heterocycles. The van der Waals surface area contributed by atoms with E-state index < -0.39 is 36.3 Å². The number of nitrogens with one attached hydrogen (secondary N) is 1. The van der Waals surface area contributed by atoms with Crippen LogP contribution >= 0.6 is 0 Å². The maximum Gasteiger partial charge on any atom is 2.00 e. The molecule has 4 rings (SSSR count). The predicted molar refractivity (Wildman–Crippen MR) is 145 cm³/mol. The third kappa shape index (κ3) is 8.35. The number of hydrogen-bond donors (Lipinski definition) is 4. The van der Waals surface area contributed by atoms with Gasteiger partial charge >= 0.3 is 49.9 Å². The van der Waals surface area contributed by atoms with E-state index in [2.05, 4.69) is 20.4 Å². The number of alkyl halides is 3. The van der Waals surface area contributed by atoms with E-state index in [0.717, 1.165) is 17.8 Å². The Morgan fingerprint density at radius 3 is 2.55 bits per heavy atom. The molecule has 4 aromatic rings. The molecule has 0 saturated heterocycles. The van der Waals surface area contributed by atoms with Crippen molar-refractivity contribution in [3.8, 4) is 17.1 Å². The number of carboxylic acid groups (broad SMARTS) is 1. The van der Waals surface area contributed by atoms with Crippen LogP contribution in [-0.4, -0.2) is 91.0 Å². The van der Waals surface area contributed by atoms with Gasteiger partial charge in [0.15, 0.2) is 5.82 Å². The van der Waals surface area contributed by atoms with Gasteiger partial charge in [0.05, 0.1) is 36.1 Å². The van der Waals surface area contributed by atoms with Crippen LogP contribution in [0.4, 0.5) is 24.8 Å². The average Bonchev–Trinajstić information content (AvgIpc) is 3.31. The van der Waals surface area contributed by atoms with Crippen LogP contribution in [-0.2, 0) is 11.0 Å². The molecule has 0 unspecified atom stereocenters. The Kier molecular flexibility index (Phi) is 10.8. The summed E-state index contributed by atoms with van der Waals surface area (Å²) in [5, 5.41) is 36.2. The quantitative estimate of drug-likeness (QED) is 0.201. The summed E-state index contributed by atoms with van der Waals surface area (Å²) in [5.74, 6) is -0.699. The van der Waals surface area contributed by atoms with Crippen molar-refractivity contribution in [2.24, 2.45) is 0 Å². The third-order valence-electron chi connectivity index (χ3n) is 5.57. The van der Waals surface area contributed by atoms with Crippen LogP contribution in [0.15, 0.2) is 79.1 Å². The number of halogens is 3. The first-order chi connectivity index (χ1) is 18.6. The Morgan fingerprint density at radius 1 is 1.10 bits per heavy atom. The summed E-state index contributed by atoms with van der Waals surface area (Å²) >= 11 is 0. The van der Waals surface area contributed by atoms with Crippen molar-refractivity contribution in [3.05, 3.63) is 90.3 Å². The maximum atomic E-state index is 13.5. The molecule has 0 saturated carbocycles. The Labute approximate surface area is 260 Å². The van der Waals surface area contributed by atoms with Gasteiger partial charge < -0.3 is 23.5 Å². The number of para-hydroxylation sites is 1. The van der Waals surface area contributed by atoms with Gasteiger partial charge in [0, 0.05) is 35.5 Å². The number of aliphatic hydroxyl groups is 2. The second-order valence-corrected chi connectivity index (χ2v) is 8.58. The minimum atomic E-state index is -4.57. The van der Waals surface area contributed by atoms with Crippen molar-refractivity contribution in [3.63, 3.8) is 0 Å². The first-order valence-electron chi connectivity index (χ1n) is 11.8. The van der Waals surface area contributed by atoms with Crippen molar-refractivity contribution in [2.45, 2.75) is 31.2 Å². The van der Waals surface area contributed by atoms with Gasteiger partial charge in [0.1, 0.15) is 0 Å². The molecule has 206 valence electrons. The average molecular weight is 582 g/mol. The molecule has 0 aliphatic carbocycles. The minimum absolute atomic E-state index is 0. The van der Waals surface area contributed by atoms with Gasteiger partial charge in [-0.25, -0.2) is 9.67 Å². The van der Waals surface area contributed by atoms with Crippen molar-refractivity contribution in [1.29, 1.82) is 0 Å². The molecular weight excluding hydrogens is 555 g/mol. The zero-order chi connectivity index (χ0) is 28.0. The van der Waals surface area contributed by atoms with Gasteiger partial charge in [0.25, 0.3) is 0 Å². The summed E-state index contributed by atoms with van der Waals surface area (Å²) in [7, 11) is 0. The molecule has 9 nitrogen and oxygen atoms in total. The predicted octanol–water partition coefficient (Wildman–Crippen LogP) is 4.54. The van der Waals surface area contributed by atoms with Crippen LogP contribution in [0, 0.1) is 0 Å². The molecule has 2 aromatic carbocycles. The normalized spacial score (nSPS) is 13.0. The molecule has 0 bridgehead atoms. The standard InChI is InChI=1S/C27H24F3N5O4.Ca.2H/c28-27(29,30)19-6-4-5-17(13-19)25-18(9-10-21(36)14-22(37)15-24(38)39)16-32-35(25)23-11-12-31-26(34-23)33-20-7-2-1-3-8-20;;;/h1-13,16,21-22,36-37H,14-15H2,(H,38,39)(H,31,33,34);;;/q;+2;2*-1/b10-9+;;;/t21-,22-;;;/m1.../s1. The molecule has 0 aliphatic heterocycles. The Bertz CT molecular complexity index is 1480. The molecule has 0 spiro atoms. The van der Waals surface area contributed by atoms with E-state index in [1.165, 1.54) is 41.4 Å². The fourth-order valence-electron chi connectivity index (χ4n) is 3.82. The topological polar surface area (TPSA) is 133 Å². The van der Waals surface area contributed by atoms with Gasteiger partial charge in [-0.05, 0) is 24.3 Å². The molecule has 40 heavy (non-hydrogen) atoms. The van der Waals surface area contributed by atoms with Crippen LogP contribution in [0.2, 0.25) is 0 Å². The maximum absolute atomic E-state index is 13.5. The fraction of sp³-hybridized carbons (Fsp3) is 0.185. The Hall–Kier alpha value is -3.29. The summed E-state index contributed by atoms with van der Waals surface area (Å²) in [6, 6.07) is 15.4. The number of aliphatic hydroxyl groups excluding tert-OH is 2. The third-order valence-corrected chi connectivity index (χ3v) is 5.57. The summed E-state index contributed by atoms with van der Waals surface area (Å²) < 4.78 is 41.8. The molecule has 0 amide bonds. The molecule has 4 N–H and O–H groups in total. The van der Waals surface area contributed by atoms with E-state index in [4.69, 9.17) is 5.11 Å². The zero-order valence-electron chi connectivity index (χ0n) is 23.0.